The van der Waals surface area contributed by atoms with Crippen molar-refractivity contribution in [2.24, 2.45) is 0 Å². The Balaban J connectivity index is 0.881. The summed E-state index contributed by atoms with van der Waals surface area (Å²) in [5.74, 6) is 0.654. The third-order valence-electron chi connectivity index (χ3n) is 16.2. The van der Waals surface area contributed by atoms with Gasteiger partial charge in [-0.15, -0.1) is 0 Å². The second kappa shape index (κ2) is 15.2. The second-order valence-electron chi connectivity index (χ2n) is 20.5. The molecule has 0 aliphatic heterocycles. The third kappa shape index (κ3) is 5.75. The van der Waals surface area contributed by atoms with Crippen molar-refractivity contribution < 1.29 is 0 Å². The Hall–Kier alpha value is -9.58. The van der Waals surface area contributed by atoms with Crippen molar-refractivity contribution in [1.29, 1.82) is 0 Å². The standard InChI is InChI=1S/C69H45N5/c1-69(2)58-27-12-8-23-49(58)54-40-57-52-26-11-15-30-62(52)74(65(57)41-59(54)69)68-70-66(53-34-31-42-17-6-7-22-48(42)67(53)71-68)45-18-16-21-47(37-45)73-61-29-14-10-25-51(61)56-39-44(33-36-64(56)73)43-32-35-63-55(38-43)50-24-9-13-28-60(50)72(63)46-19-4-3-5-20-46/h3-41H,1-2H3. The summed E-state index contributed by atoms with van der Waals surface area (Å²) in [5.41, 5.74) is 19.5. The number of fused-ring (bicyclic) bond motifs is 15. The molecule has 0 radical (unpaired) electrons. The quantitative estimate of drug-likeness (QED) is 0.161. The summed E-state index contributed by atoms with van der Waals surface area (Å²) in [4.78, 5) is 11.3. The van der Waals surface area contributed by atoms with Crippen LogP contribution in [-0.4, -0.2) is 23.7 Å². The Morgan fingerprint density at radius 1 is 0.311 bits per heavy atom. The van der Waals surface area contributed by atoms with Gasteiger partial charge in [0.25, 0.3) is 0 Å². The summed E-state index contributed by atoms with van der Waals surface area (Å²) in [6, 6.07) is 86.5. The van der Waals surface area contributed by atoms with Crippen molar-refractivity contribution in [3.05, 3.63) is 248 Å². The van der Waals surface area contributed by atoms with E-state index >= 15 is 0 Å². The first-order valence-electron chi connectivity index (χ1n) is 25.6. The lowest BCUT2D eigenvalue weighted by molar-refractivity contribution is 0.661. The van der Waals surface area contributed by atoms with Gasteiger partial charge in [0.1, 0.15) is 0 Å². The van der Waals surface area contributed by atoms with E-state index in [1.165, 1.54) is 76.7 Å². The maximum absolute atomic E-state index is 5.68. The van der Waals surface area contributed by atoms with Gasteiger partial charge in [0.05, 0.1) is 44.3 Å². The van der Waals surface area contributed by atoms with Crippen LogP contribution in [0.4, 0.5) is 0 Å². The van der Waals surface area contributed by atoms with Crippen LogP contribution in [-0.2, 0) is 5.41 Å². The molecule has 0 amide bonds. The zero-order chi connectivity index (χ0) is 48.8. The lowest BCUT2D eigenvalue weighted by Gasteiger charge is -2.21. The van der Waals surface area contributed by atoms with Gasteiger partial charge < -0.3 is 9.13 Å². The zero-order valence-corrected chi connectivity index (χ0v) is 40.8. The minimum atomic E-state index is -0.165. The molecule has 11 aromatic carbocycles. The molecule has 1 aliphatic carbocycles. The molecule has 0 N–H and O–H groups in total. The van der Waals surface area contributed by atoms with Crippen molar-refractivity contribution in [3.8, 4) is 50.8 Å². The average Bonchev–Trinajstić information content (AvgIpc) is 4.17. The van der Waals surface area contributed by atoms with Crippen LogP contribution in [0.25, 0.3) is 138 Å². The van der Waals surface area contributed by atoms with E-state index in [9.17, 15) is 0 Å². The predicted octanol–water partition coefficient (Wildman–Crippen LogP) is 17.7. The molecule has 346 valence electrons. The summed E-state index contributed by atoms with van der Waals surface area (Å²) >= 11 is 0. The van der Waals surface area contributed by atoms with E-state index in [4.69, 9.17) is 9.97 Å². The third-order valence-corrected chi connectivity index (χ3v) is 16.2. The Morgan fingerprint density at radius 2 is 0.865 bits per heavy atom. The lowest BCUT2D eigenvalue weighted by atomic mass is 9.82. The van der Waals surface area contributed by atoms with Gasteiger partial charge in [0.2, 0.25) is 5.95 Å². The summed E-state index contributed by atoms with van der Waals surface area (Å²) < 4.78 is 7.10. The summed E-state index contributed by atoms with van der Waals surface area (Å²) in [7, 11) is 0. The molecule has 15 aromatic rings. The molecule has 0 spiro atoms. The van der Waals surface area contributed by atoms with Gasteiger partial charge in [0, 0.05) is 65.4 Å². The van der Waals surface area contributed by atoms with E-state index in [0.717, 1.165) is 66.4 Å². The number of aromatic nitrogens is 5. The minimum Gasteiger partial charge on any atom is -0.309 e. The molecule has 0 bridgehead atoms. The molecule has 74 heavy (non-hydrogen) atoms. The number of para-hydroxylation sites is 4. The highest BCUT2D eigenvalue weighted by Crippen LogP contribution is 2.51. The van der Waals surface area contributed by atoms with Gasteiger partial charge in [0.15, 0.2) is 0 Å². The SMILES string of the molecule is CC1(C)c2ccccc2-c2cc3c4ccccc4n(-c4nc(-c5cccc(-n6c7ccccc7c7cc(-c8ccc9c(c8)c8ccccc8n9-c8ccccc8)ccc76)c5)c5ccc6ccccc6c5n4)c3cc21. The van der Waals surface area contributed by atoms with Crippen molar-refractivity contribution >= 4 is 87.1 Å². The predicted molar refractivity (Wildman–Crippen MR) is 308 cm³/mol. The number of rotatable bonds is 5. The van der Waals surface area contributed by atoms with Crippen LogP contribution in [0.15, 0.2) is 237 Å². The molecule has 0 fully saturated rings. The van der Waals surface area contributed by atoms with Crippen LogP contribution < -0.4 is 0 Å². The molecule has 0 unspecified atom stereocenters. The van der Waals surface area contributed by atoms with E-state index < -0.39 is 0 Å². The highest BCUT2D eigenvalue weighted by atomic mass is 15.2. The minimum absolute atomic E-state index is 0.165. The fraction of sp³-hybridized carbons (Fsp3) is 0.0435. The van der Waals surface area contributed by atoms with Crippen molar-refractivity contribution in [1.82, 2.24) is 23.7 Å². The molecule has 0 saturated heterocycles. The maximum Gasteiger partial charge on any atom is 0.235 e. The van der Waals surface area contributed by atoms with E-state index in [0.29, 0.717) is 5.95 Å². The molecule has 0 atom stereocenters. The Labute approximate surface area is 426 Å². The van der Waals surface area contributed by atoms with Crippen molar-refractivity contribution in [2.45, 2.75) is 19.3 Å². The number of benzene rings is 11. The Kier molecular flexibility index (Phi) is 8.45. The lowest BCUT2D eigenvalue weighted by Crippen LogP contribution is -2.15. The normalized spacial score (nSPS) is 13.1. The van der Waals surface area contributed by atoms with Gasteiger partial charge >= 0.3 is 0 Å². The van der Waals surface area contributed by atoms with Gasteiger partial charge in [-0.3, -0.25) is 4.57 Å². The van der Waals surface area contributed by atoms with Crippen LogP contribution in [0.1, 0.15) is 25.0 Å². The van der Waals surface area contributed by atoms with Gasteiger partial charge in [-0.25, -0.2) is 9.97 Å². The van der Waals surface area contributed by atoms with Crippen LogP contribution in [0.3, 0.4) is 0 Å². The Bertz CT molecular complexity index is 4870. The zero-order valence-electron chi connectivity index (χ0n) is 40.8. The van der Waals surface area contributed by atoms with Crippen molar-refractivity contribution in [2.75, 3.05) is 0 Å². The molecule has 5 heteroatoms. The van der Waals surface area contributed by atoms with Crippen LogP contribution in [0, 0.1) is 0 Å². The van der Waals surface area contributed by atoms with Crippen LogP contribution in [0.5, 0.6) is 0 Å². The first-order chi connectivity index (χ1) is 36.5. The molecule has 4 aromatic heterocycles. The maximum atomic E-state index is 5.68. The molecule has 16 rings (SSSR count). The number of hydrogen-bond acceptors (Lipinski definition) is 2. The molecular weight excluding hydrogens is 899 g/mol. The Morgan fingerprint density at radius 3 is 1.57 bits per heavy atom. The first-order valence-corrected chi connectivity index (χ1v) is 25.6. The van der Waals surface area contributed by atoms with Crippen LogP contribution in [0.2, 0.25) is 0 Å². The number of hydrogen-bond donors (Lipinski definition) is 0. The average molecular weight is 944 g/mol. The fourth-order valence-electron chi connectivity index (χ4n) is 12.8. The molecular formula is C69H45N5. The van der Waals surface area contributed by atoms with Crippen molar-refractivity contribution in [3.63, 3.8) is 0 Å². The van der Waals surface area contributed by atoms with Gasteiger partial charge in [-0.1, -0.05) is 166 Å². The molecule has 5 nitrogen and oxygen atoms in total. The monoisotopic (exact) mass is 943 g/mol. The molecule has 0 saturated carbocycles. The molecule has 4 heterocycles. The van der Waals surface area contributed by atoms with Crippen LogP contribution >= 0.6 is 0 Å². The summed E-state index contributed by atoms with van der Waals surface area (Å²) in [5, 5.41) is 10.5. The fourth-order valence-corrected chi connectivity index (χ4v) is 12.8. The van der Waals surface area contributed by atoms with E-state index in [2.05, 4.69) is 264 Å². The topological polar surface area (TPSA) is 40.6 Å². The van der Waals surface area contributed by atoms with E-state index in [1.54, 1.807) is 0 Å². The molecule has 1 aliphatic rings. The van der Waals surface area contributed by atoms with Gasteiger partial charge in [-0.05, 0) is 124 Å². The summed E-state index contributed by atoms with van der Waals surface area (Å²) in [6.07, 6.45) is 0. The largest absolute Gasteiger partial charge is 0.309 e. The highest BCUT2D eigenvalue weighted by molar-refractivity contribution is 6.15. The second-order valence-corrected chi connectivity index (χ2v) is 20.5. The van der Waals surface area contributed by atoms with Gasteiger partial charge in [-0.2, -0.15) is 0 Å². The summed E-state index contributed by atoms with van der Waals surface area (Å²) in [6.45, 7) is 4.70. The first kappa shape index (κ1) is 41.1. The smallest absolute Gasteiger partial charge is 0.235 e. The number of nitrogens with zero attached hydrogens (tertiary/aromatic N) is 5. The highest BCUT2D eigenvalue weighted by Gasteiger charge is 2.36. The van der Waals surface area contributed by atoms with E-state index in [1.807, 2.05) is 0 Å². The van der Waals surface area contributed by atoms with E-state index in [-0.39, 0.29) is 5.41 Å².